The number of anilines is 2. The zero-order valence-corrected chi connectivity index (χ0v) is 18.8. The zero-order valence-electron chi connectivity index (χ0n) is 15.6. The van der Waals surface area contributed by atoms with Gasteiger partial charge in [-0.1, -0.05) is 47.2 Å². The van der Waals surface area contributed by atoms with Crippen molar-refractivity contribution in [2.45, 2.75) is 0 Å². The summed E-state index contributed by atoms with van der Waals surface area (Å²) in [6.07, 6.45) is 0. The van der Waals surface area contributed by atoms with Crippen LogP contribution in [0.5, 0.6) is 0 Å². The average molecular weight is 545 g/mol. The summed E-state index contributed by atoms with van der Waals surface area (Å²) < 4.78 is 9.82. The van der Waals surface area contributed by atoms with Crippen LogP contribution in [0.25, 0.3) is 21.9 Å². The molecule has 0 aliphatic heterocycles. The van der Waals surface area contributed by atoms with Crippen LogP contribution in [0, 0.1) is 21.3 Å². The van der Waals surface area contributed by atoms with Crippen LogP contribution in [-0.4, -0.2) is 0 Å². The van der Waals surface area contributed by atoms with Gasteiger partial charge >= 0.3 is 31.7 Å². The number of nitrogen functional groups attached to an aromatic ring is 2. The van der Waals surface area contributed by atoms with Crippen molar-refractivity contribution in [3.63, 3.8) is 0 Å². The SMILES string of the molecule is N#C[S-].N#C[S-].Nc1cc2ccccc2oc1=O.Nc1cc2ccccc2oc1=O.[Pd+2]. The number of nitriles is 2. The van der Waals surface area contributed by atoms with Gasteiger partial charge in [0.25, 0.3) is 0 Å². The summed E-state index contributed by atoms with van der Waals surface area (Å²) >= 11 is 7.40. The van der Waals surface area contributed by atoms with E-state index in [0.29, 0.717) is 11.2 Å². The monoisotopic (exact) mass is 544 g/mol. The summed E-state index contributed by atoms with van der Waals surface area (Å²) in [7, 11) is 0. The topological polar surface area (TPSA) is 160 Å². The Morgan fingerprint density at radius 3 is 1.32 bits per heavy atom. The molecule has 2 heterocycles. The minimum atomic E-state index is -0.478. The van der Waals surface area contributed by atoms with Crippen molar-refractivity contribution < 1.29 is 29.3 Å². The van der Waals surface area contributed by atoms with Gasteiger partial charge in [-0.05, 0) is 24.3 Å². The maximum absolute atomic E-state index is 10.9. The number of benzene rings is 2. The van der Waals surface area contributed by atoms with Crippen LogP contribution in [0.15, 0.2) is 79.1 Å². The van der Waals surface area contributed by atoms with Crippen molar-refractivity contribution in [3.8, 4) is 10.8 Å². The van der Waals surface area contributed by atoms with Gasteiger partial charge in [0, 0.05) is 10.8 Å². The molecular weight excluding hydrogens is 531 g/mol. The van der Waals surface area contributed by atoms with E-state index < -0.39 is 11.3 Å². The molecule has 0 unspecified atom stereocenters. The van der Waals surface area contributed by atoms with Gasteiger partial charge in [-0.25, -0.2) is 20.1 Å². The minimum absolute atomic E-state index is 0. The average Bonchev–Trinajstić information content (AvgIpc) is 2.71. The summed E-state index contributed by atoms with van der Waals surface area (Å²) in [6, 6.07) is 17.7. The first-order valence-electron chi connectivity index (χ1n) is 7.97. The minimum Gasteiger partial charge on any atom is -0.696 e. The Labute approximate surface area is 201 Å². The summed E-state index contributed by atoms with van der Waals surface area (Å²) in [5, 5.41) is 18.6. The fourth-order valence-electron chi connectivity index (χ4n) is 2.16. The number of para-hydroxylation sites is 2. The normalized spacial score (nSPS) is 8.45. The first-order valence-corrected chi connectivity index (χ1v) is 8.78. The second kappa shape index (κ2) is 14.5. The Kier molecular flexibility index (Phi) is 12.9. The van der Waals surface area contributed by atoms with E-state index in [9.17, 15) is 9.59 Å². The molecule has 0 saturated heterocycles. The van der Waals surface area contributed by atoms with Gasteiger partial charge in [-0.3, -0.25) is 0 Å². The van der Waals surface area contributed by atoms with Crippen molar-refractivity contribution in [2.75, 3.05) is 11.5 Å². The molecule has 8 nitrogen and oxygen atoms in total. The second-order valence-electron chi connectivity index (χ2n) is 5.24. The maximum Gasteiger partial charge on any atom is 2.00 e. The van der Waals surface area contributed by atoms with E-state index in [1.165, 1.54) is 10.8 Å². The van der Waals surface area contributed by atoms with Gasteiger partial charge in [-0.15, -0.1) is 0 Å². The molecule has 0 radical (unpaired) electrons. The van der Waals surface area contributed by atoms with Gasteiger partial charge in [0.15, 0.2) is 0 Å². The standard InChI is InChI=1S/2C9H7NO2.2CHNS.Pd/c2*10-7-5-6-3-1-2-4-8(6)12-9(7)11;2*2-1-3;/h2*1-5H,10H2;2*3H;/q;;;;+2/p-2. The van der Waals surface area contributed by atoms with Gasteiger partial charge in [0.05, 0.1) is 0 Å². The predicted octanol–water partition coefficient (Wildman–Crippen LogP) is 2.78. The first-order chi connectivity index (χ1) is 14.4. The van der Waals surface area contributed by atoms with Crippen LogP contribution >= 0.6 is 0 Å². The van der Waals surface area contributed by atoms with Crippen molar-refractivity contribution in [3.05, 3.63) is 81.5 Å². The van der Waals surface area contributed by atoms with Crippen LogP contribution in [0.2, 0.25) is 0 Å². The number of nitrogens with zero attached hydrogens (tertiary/aromatic N) is 2. The molecule has 4 N–H and O–H groups in total. The summed E-state index contributed by atoms with van der Waals surface area (Å²) in [5.41, 5.74) is 11.2. The Morgan fingerprint density at radius 2 is 1.00 bits per heavy atom. The molecule has 2 aromatic carbocycles. The number of rotatable bonds is 0. The summed E-state index contributed by atoms with van der Waals surface area (Å²) in [5.74, 6) is 0. The van der Waals surface area contributed by atoms with E-state index in [-0.39, 0.29) is 31.8 Å². The molecule has 0 aliphatic carbocycles. The molecule has 0 amide bonds. The smallest absolute Gasteiger partial charge is 0.696 e. The van der Waals surface area contributed by atoms with Gasteiger partial charge in [0.2, 0.25) is 0 Å². The van der Waals surface area contributed by atoms with Crippen LogP contribution < -0.4 is 22.7 Å². The molecule has 2 aromatic heterocycles. The molecule has 160 valence electrons. The third-order valence-electron chi connectivity index (χ3n) is 3.34. The molecule has 0 atom stereocenters. The molecule has 0 saturated carbocycles. The van der Waals surface area contributed by atoms with E-state index in [1.807, 2.05) is 36.4 Å². The third-order valence-corrected chi connectivity index (χ3v) is 3.34. The fourth-order valence-corrected chi connectivity index (χ4v) is 2.16. The Balaban J connectivity index is 0.000000453. The summed E-state index contributed by atoms with van der Waals surface area (Å²) in [4.78, 5) is 21.9. The van der Waals surface area contributed by atoms with Crippen LogP contribution in [0.3, 0.4) is 0 Å². The van der Waals surface area contributed by atoms with E-state index in [1.54, 1.807) is 24.3 Å². The molecule has 0 fully saturated rings. The van der Waals surface area contributed by atoms with Crippen LogP contribution in [0.1, 0.15) is 0 Å². The van der Waals surface area contributed by atoms with Crippen molar-refractivity contribution in [1.82, 2.24) is 0 Å². The predicted molar refractivity (Wildman–Crippen MR) is 120 cm³/mol. The number of thiocyanates is 2. The zero-order chi connectivity index (χ0) is 22.5. The maximum atomic E-state index is 10.9. The van der Waals surface area contributed by atoms with Gasteiger partial charge in [0.1, 0.15) is 22.5 Å². The van der Waals surface area contributed by atoms with E-state index in [4.69, 9.17) is 30.8 Å². The molecule has 0 spiro atoms. The number of nitrogens with two attached hydrogens (primary N) is 2. The Morgan fingerprint density at radius 1 is 0.710 bits per heavy atom. The quantitative estimate of drug-likeness (QED) is 0.146. The largest absolute Gasteiger partial charge is 2.00 e. The number of hydrogen-bond acceptors (Lipinski definition) is 10. The van der Waals surface area contributed by atoms with Gasteiger partial charge in [-0.2, -0.15) is 0 Å². The molecule has 31 heavy (non-hydrogen) atoms. The Hall–Kier alpha value is -3.46. The van der Waals surface area contributed by atoms with Gasteiger partial charge < -0.3 is 45.6 Å². The molecule has 4 rings (SSSR count). The fraction of sp³-hybridized carbons (Fsp3) is 0. The molecule has 0 bridgehead atoms. The van der Waals surface area contributed by atoms with Crippen molar-refractivity contribution in [2.24, 2.45) is 0 Å². The molecule has 11 heteroatoms. The van der Waals surface area contributed by atoms with Crippen molar-refractivity contribution >= 4 is 58.6 Å². The number of hydrogen-bond donors (Lipinski definition) is 2. The van der Waals surface area contributed by atoms with E-state index in [2.05, 4.69) is 25.3 Å². The van der Waals surface area contributed by atoms with Crippen molar-refractivity contribution in [1.29, 1.82) is 10.5 Å². The van der Waals surface area contributed by atoms with E-state index in [0.717, 1.165) is 10.8 Å². The third kappa shape index (κ3) is 8.83. The summed E-state index contributed by atoms with van der Waals surface area (Å²) in [6.45, 7) is 0. The Bertz CT molecular complexity index is 1220. The first kappa shape index (κ1) is 27.5. The molecule has 4 aromatic rings. The van der Waals surface area contributed by atoms with Crippen LogP contribution in [-0.2, 0) is 45.7 Å². The number of fused-ring (bicyclic) bond motifs is 2. The molecule has 0 aliphatic rings. The molecular formula is C20H14N4O4PdS2. The van der Waals surface area contributed by atoms with Crippen LogP contribution in [0.4, 0.5) is 11.4 Å². The second-order valence-corrected chi connectivity index (χ2v) is 5.60. The van der Waals surface area contributed by atoms with E-state index >= 15 is 0 Å².